The molecule has 1 aromatic carbocycles. The summed E-state index contributed by atoms with van der Waals surface area (Å²) in [7, 11) is -3.89. The number of nitrogens with one attached hydrogen (secondary N) is 1. The maximum atomic E-state index is 13.6. The normalized spacial score (nSPS) is 25.7. The molecule has 1 N–H and O–H groups in total. The number of sulfonamides is 1. The summed E-state index contributed by atoms with van der Waals surface area (Å²) in [4.78, 5) is -0.280. The Labute approximate surface area is 125 Å². The van der Waals surface area contributed by atoms with E-state index in [9.17, 15) is 12.8 Å². The molecule has 2 rings (SSSR count). The van der Waals surface area contributed by atoms with Crippen molar-refractivity contribution in [2.75, 3.05) is 0 Å². The summed E-state index contributed by atoms with van der Waals surface area (Å²) < 4.78 is 41.1. The van der Waals surface area contributed by atoms with Crippen LogP contribution in [0.4, 0.5) is 4.39 Å². The third-order valence-corrected chi connectivity index (χ3v) is 5.97. The molecule has 0 aromatic heterocycles. The first-order valence-electron chi connectivity index (χ1n) is 7.11. The Hall–Kier alpha value is -1.45. The summed E-state index contributed by atoms with van der Waals surface area (Å²) in [6.07, 6.45) is 2.78. The van der Waals surface area contributed by atoms with E-state index in [2.05, 4.69) is 11.6 Å². The van der Waals surface area contributed by atoms with Crippen LogP contribution in [0.3, 0.4) is 0 Å². The molecule has 1 fully saturated rings. The van der Waals surface area contributed by atoms with E-state index < -0.39 is 21.4 Å². The zero-order valence-corrected chi connectivity index (χ0v) is 13.0. The maximum Gasteiger partial charge on any atom is 0.242 e. The smallest absolute Gasteiger partial charge is 0.208 e. The fourth-order valence-electron chi connectivity index (χ4n) is 3.09. The van der Waals surface area contributed by atoms with Crippen molar-refractivity contribution in [1.29, 1.82) is 5.26 Å². The van der Waals surface area contributed by atoms with E-state index in [1.807, 2.05) is 6.92 Å². The van der Waals surface area contributed by atoms with Gasteiger partial charge in [-0.25, -0.2) is 17.5 Å². The lowest BCUT2D eigenvalue weighted by Gasteiger charge is -2.21. The zero-order valence-electron chi connectivity index (χ0n) is 12.1. The van der Waals surface area contributed by atoms with Crippen LogP contribution >= 0.6 is 0 Å². The summed E-state index contributed by atoms with van der Waals surface area (Å²) >= 11 is 0. The highest BCUT2D eigenvalue weighted by atomic mass is 32.2. The van der Waals surface area contributed by atoms with E-state index in [1.165, 1.54) is 12.1 Å². The Morgan fingerprint density at radius 3 is 2.71 bits per heavy atom. The number of hydrogen-bond acceptors (Lipinski definition) is 3. The molecule has 1 saturated carbocycles. The van der Waals surface area contributed by atoms with Gasteiger partial charge in [-0.05, 0) is 36.8 Å². The van der Waals surface area contributed by atoms with E-state index >= 15 is 0 Å². The lowest BCUT2D eigenvalue weighted by molar-refractivity contribution is 0.368. The van der Waals surface area contributed by atoms with Crippen molar-refractivity contribution < 1.29 is 12.8 Å². The number of nitrogens with zero attached hydrogens (tertiary/aromatic N) is 1. The van der Waals surface area contributed by atoms with Crippen LogP contribution in [0.25, 0.3) is 0 Å². The fraction of sp³-hybridized carbons (Fsp3) is 0.533. The van der Waals surface area contributed by atoms with Gasteiger partial charge in [0.05, 0.1) is 0 Å². The molecule has 0 aliphatic heterocycles. The van der Waals surface area contributed by atoms with Crippen LogP contribution in [0.15, 0.2) is 23.1 Å². The van der Waals surface area contributed by atoms with Gasteiger partial charge in [0.25, 0.3) is 0 Å². The van der Waals surface area contributed by atoms with Gasteiger partial charge in [0.15, 0.2) is 0 Å². The lowest BCUT2D eigenvalue weighted by Crippen LogP contribution is -2.37. The van der Waals surface area contributed by atoms with E-state index in [1.54, 1.807) is 6.07 Å². The van der Waals surface area contributed by atoms with Crippen molar-refractivity contribution in [3.63, 3.8) is 0 Å². The molecule has 21 heavy (non-hydrogen) atoms. The van der Waals surface area contributed by atoms with Gasteiger partial charge in [-0.15, -0.1) is 0 Å². The highest BCUT2D eigenvalue weighted by Crippen LogP contribution is 2.34. The molecule has 0 bridgehead atoms. The molecule has 0 spiro atoms. The molecule has 1 aliphatic rings. The molecule has 3 unspecified atom stereocenters. The Balaban J connectivity index is 2.29. The monoisotopic (exact) mass is 310 g/mol. The van der Waals surface area contributed by atoms with Gasteiger partial charge in [-0.1, -0.05) is 26.3 Å². The summed E-state index contributed by atoms with van der Waals surface area (Å²) in [6, 6.07) is 5.13. The molecule has 0 amide bonds. The van der Waals surface area contributed by atoms with Gasteiger partial charge < -0.3 is 0 Å². The Bertz CT molecular complexity index is 667. The minimum atomic E-state index is -3.89. The minimum absolute atomic E-state index is 0.158. The third kappa shape index (κ3) is 3.09. The fourth-order valence-corrected chi connectivity index (χ4v) is 4.62. The van der Waals surface area contributed by atoms with Crippen LogP contribution in [0.5, 0.6) is 0 Å². The average molecular weight is 310 g/mol. The molecule has 114 valence electrons. The predicted molar refractivity (Wildman–Crippen MR) is 77.4 cm³/mol. The molecule has 0 saturated heterocycles. The summed E-state index contributed by atoms with van der Waals surface area (Å²) in [5, 5.41) is 8.97. The molecule has 4 nitrogen and oxygen atoms in total. The highest BCUT2D eigenvalue weighted by Gasteiger charge is 2.35. The van der Waals surface area contributed by atoms with Gasteiger partial charge in [-0.2, -0.15) is 5.26 Å². The molecular formula is C15H19FN2O2S. The van der Waals surface area contributed by atoms with Crippen molar-refractivity contribution in [2.45, 2.75) is 44.0 Å². The van der Waals surface area contributed by atoms with E-state index in [-0.39, 0.29) is 16.9 Å². The molecule has 0 radical (unpaired) electrons. The van der Waals surface area contributed by atoms with Crippen LogP contribution in [-0.4, -0.2) is 14.5 Å². The Morgan fingerprint density at radius 1 is 1.43 bits per heavy atom. The second-order valence-electron chi connectivity index (χ2n) is 5.56. The molecule has 6 heteroatoms. The van der Waals surface area contributed by atoms with Gasteiger partial charge in [0, 0.05) is 6.04 Å². The molecule has 1 aromatic rings. The molecular weight excluding hydrogens is 291 g/mol. The van der Waals surface area contributed by atoms with Gasteiger partial charge >= 0.3 is 0 Å². The van der Waals surface area contributed by atoms with Crippen molar-refractivity contribution in [1.82, 2.24) is 4.72 Å². The van der Waals surface area contributed by atoms with Crippen LogP contribution in [-0.2, 0) is 10.0 Å². The first-order valence-corrected chi connectivity index (χ1v) is 8.60. The largest absolute Gasteiger partial charge is 0.242 e. The first-order chi connectivity index (χ1) is 9.90. The highest BCUT2D eigenvalue weighted by molar-refractivity contribution is 7.89. The molecule has 3 atom stereocenters. The number of rotatable bonds is 4. The minimum Gasteiger partial charge on any atom is -0.208 e. The third-order valence-electron chi connectivity index (χ3n) is 4.43. The summed E-state index contributed by atoms with van der Waals surface area (Å²) in [5.74, 6) is -0.0733. The second-order valence-corrected chi connectivity index (χ2v) is 7.24. The van der Waals surface area contributed by atoms with Crippen molar-refractivity contribution >= 4 is 10.0 Å². The topological polar surface area (TPSA) is 70.0 Å². The average Bonchev–Trinajstić information content (AvgIpc) is 2.78. The number of hydrogen-bond donors (Lipinski definition) is 1. The quantitative estimate of drug-likeness (QED) is 0.929. The van der Waals surface area contributed by atoms with Crippen LogP contribution < -0.4 is 4.72 Å². The summed E-state index contributed by atoms with van der Waals surface area (Å²) in [6.45, 7) is 4.13. The Morgan fingerprint density at radius 2 is 2.14 bits per heavy atom. The predicted octanol–water partition coefficient (Wildman–Crippen LogP) is 2.80. The van der Waals surface area contributed by atoms with Gasteiger partial charge in [0.2, 0.25) is 10.0 Å². The van der Waals surface area contributed by atoms with Crippen LogP contribution in [0, 0.1) is 29.0 Å². The number of benzene rings is 1. The molecule has 0 heterocycles. The summed E-state index contributed by atoms with van der Waals surface area (Å²) in [5.41, 5.74) is -0.428. The van der Waals surface area contributed by atoms with Crippen molar-refractivity contribution in [3.05, 3.63) is 29.6 Å². The second kappa shape index (κ2) is 6.12. The first kappa shape index (κ1) is 15.9. The van der Waals surface area contributed by atoms with Crippen molar-refractivity contribution in [3.8, 4) is 6.07 Å². The van der Waals surface area contributed by atoms with E-state index in [0.29, 0.717) is 5.92 Å². The maximum absolute atomic E-state index is 13.6. The standard InChI is InChI=1S/C15H19FN2O2S/c1-3-11-7-8-14(10(11)2)18-21(19,20)15-6-4-5-13(16)12(15)9-17/h4-6,10-11,14,18H,3,7-8H2,1-2H3. The number of halogens is 1. The number of nitriles is 1. The van der Waals surface area contributed by atoms with E-state index in [0.717, 1.165) is 25.3 Å². The zero-order chi connectivity index (χ0) is 15.6. The molecule has 1 aliphatic carbocycles. The Kier molecular flexibility index (Phi) is 4.64. The van der Waals surface area contributed by atoms with E-state index in [4.69, 9.17) is 5.26 Å². The lowest BCUT2D eigenvalue weighted by atomic mass is 9.94. The SMILES string of the molecule is CCC1CCC(NS(=O)(=O)c2cccc(F)c2C#N)C1C. The van der Waals surface area contributed by atoms with Gasteiger partial charge in [0.1, 0.15) is 22.3 Å². The van der Waals surface area contributed by atoms with Crippen LogP contribution in [0.2, 0.25) is 0 Å². The van der Waals surface area contributed by atoms with Gasteiger partial charge in [-0.3, -0.25) is 0 Å². The van der Waals surface area contributed by atoms with Crippen molar-refractivity contribution in [2.24, 2.45) is 11.8 Å². The van der Waals surface area contributed by atoms with Crippen LogP contribution in [0.1, 0.15) is 38.7 Å².